The molecule has 1 saturated carbocycles. The third kappa shape index (κ3) is 4.39. The summed E-state index contributed by atoms with van der Waals surface area (Å²) in [6.07, 6.45) is 8.28. The molecule has 164 valence electrons. The second kappa shape index (κ2) is 8.62. The Morgan fingerprint density at radius 2 is 2.03 bits per heavy atom. The van der Waals surface area contributed by atoms with Gasteiger partial charge in [0.1, 0.15) is 0 Å². The van der Waals surface area contributed by atoms with Crippen molar-refractivity contribution in [3.63, 3.8) is 0 Å². The van der Waals surface area contributed by atoms with Crippen LogP contribution >= 0.6 is 0 Å². The van der Waals surface area contributed by atoms with Crippen molar-refractivity contribution in [2.75, 3.05) is 18.5 Å². The topological polar surface area (TPSA) is 120 Å². The molecule has 0 aromatic carbocycles. The lowest BCUT2D eigenvalue weighted by atomic mass is 10.1. The summed E-state index contributed by atoms with van der Waals surface area (Å²) in [5.74, 6) is 1.32. The fourth-order valence-corrected chi connectivity index (χ4v) is 3.89. The normalized spacial score (nSPS) is 17.2. The average molecular weight is 425 g/mol. The minimum atomic E-state index is 0.0270. The zero-order valence-electron chi connectivity index (χ0n) is 17.6. The first-order chi connectivity index (χ1) is 15.2. The van der Waals surface area contributed by atoms with Gasteiger partial charge >= 0.3 is 0 Å². The molecule has 0 spiro atoms. The number of carbonyl (C=O) groups is 1. The SMILES string of the molecule is CCn1ncc2c(NC3CCOCC3)c(-c3nnc(CNC(=O)CC4CC4)o3)cnc21. The van der Waals surface area contributed by atoms with Gasteiger partial charge in [0.25, 0.3) is 5.89 Å². The van der Waals surface area contributed by atoms with Crippen molar-refractivity contribution < 1.29 is 13.9 Å². The monoisotopic (exact) mass is 425 g/mol. The van der Waals surface area contributed by atoms with Gasteiger partial charge in [-0.15, -0.1) is 10.2 Å². The predicted octanol–water partition coefficient (Wildman–Crippen LogP) is 2.51. The molecule has 10 heteroatoms. The minimum Gasteiger partial charge on any atom is -0.419 e. The van der Waals surface area contributed by atoms with Gasteiger partial charge in [-0.05, 0) is 38.5 Å². The van der Waals surface area contributed by atoms with Crippen molar-refractivity contribution in [3.05, 3.63) is 18.3 Å². The Morgan fingerprint density at radius 1 is 1.19 bits per heavy atom. The Bertz CT molecular complexity index is 1070. The highest BCUT2D eigenvalue weighted by Crippen LogP contribution is 2.34. The van der Waals surface area contributed by atoms with Gasteiger partial charge in [-0.1, -0.05) is 0 Å². The predicted molar refractivity (Wildman–Crippen MR) is 113 cm³/mol. The first-order valence-electron chi connectivity index (χ1n) is 11.0. The van der Waals surface area contributed by atoms with Gasteiger partial charge in [0.05, 0.1) is 29.4 Å². The highest BCUT2D eigenvalue weighted by Gasteiger charge is 2.25. The molecule has 1 aliphatic heterocycles. The van der Waals surface area contributed by atoms with Crippen molar-refractivity contribution >= 4 is 22.6 Å². The van der Waals surface area contributed by atoms with Crippen molar-refractivity contribution in [3.8, 4) is 11.5 Å². The number of hydrogen-bond acceptors (Lipinski definition) is 8. The summed E-state index contributed by atoms with van der Waals surface area (Å²) in [6, 6.07) is 0.284. The van der Waals surface area contributed by atoms with Gasteiger partial charge in [-0.2, -0.15) is 5.10 Å². The second-order valence-electron chi connectivity index (χ2n) is 8.20. The number of aromatic nitrogens is 5. The van der Waals surface area contributed by atoms with E-state index in [-0.39, 0.29) is 18.5 Å². The molecule has 2 fully saturated rings. The van der Waals surface area contributed by atoms with Crippen LogP contribution in [0.15, 0.2) is 16.8 Å². The van der Waals surface area contributed by atoms with Gasteiger partial charge in [0, 0.05) is 38.4 Å². The van der Waals surface area contributed by atoms with Gasteiger partial charge in [0.2, 0.25) is 11.8 Å². The van der Waals surface area contributed by atoms with Gasteiger partial charge in [-0.3, -0.25) is 4.79 Å². The molecule has 0 radical (unpaired) electrons. The molecule has 31 heavy (non-hydrogen) atoms. The maximum atomic E-state index is 12.0. The fourth-order valence-electron chi connectivity index (χ4n) is 3.89. The Labute approximate surface area is 179 Å². The fraction of sp³-hybridized carbons (Fsp3) is 0.571. The third-order valence-corrected chi connectivity index (χ3v) is 5.84. The summed E-state index contributed by atoms with van der Waals surface area (Å²) < 4.78 is 13.2. The summed E-state index contributed by atoms with van der Waals surface area (Å²) in [7, 11) is 0. The number of nitrogens with zero attached hydrogens (tertiary/aromatic N) is 5. The first-order valence-corrected chi connectivity index (χ1v) is 11.0. The van der Waals surface area contributed by atoms with Crippen LogP contribution < -0.4 is 10.6 Å². The van der Waals surface area contributed by atoms with Crippen molar-refractivity contribution in [1.82, 2.24) is 30.3 Å². The highest BCUT2D eigenvalue weighted by atomic mass is 16.5. The average Bonchev–Trinajstić information content (AvgIpc) is 3.31. The number of ether oxygens (including phenoxy) is 1. The molecule has 1 amide bonds. The van der Waals surface area contributed by atoms with Crippen LogP contribution in [0.5, 0.6) is 0 Å². The van der Waals surface area contributed by atoms with Gasteiger partial charge in [0.15, 0.2) is 5.65 Å². The number of rotatable bonds is 8. The van der Waals surface area contributed by atoms with Crippen LogP contribution in [0.25, 0.3) is 22.5 Å². The summed E-state index contributed by atoms with van der Waals surface area (Å²) in [5.41, 5.74) is 2.44. The second-order valence-corrected chi connectivity index (χ2v) is 8.20. The zero-order chi connectivity index (χ0) is 21.2. The Hall–Kier alpha value is -3.01. The number of pyridine rings is 1. The maximum Gasteiger partial charge on any atom is 0.251 e. The molecule has 2 N–H and O–H groups in total. The van der Waals surface area contributed by atoms with E-state index in [0.717, 1.165) is 67.7 Å². The first kappa shape index (κ1) is 19.9. The number of carbonyl (C=O) groups excluding carboxylic acids is 1. The molecule has 3 aromatic rings. The molecular formula is C21H27N7O3. The van der Waals surface area contributed by atoms with E-state index in [1.807, 2.05) is 17.8 Å². The van der Waals surface area contributed by atoms with Crippen LogP contribution in [-0.2, 0) is 22.6 Å². The molecule has 5 rings (SSSR count). The largest absolute Gasteiger partial charge is 0.419 e. The van der Waals surface area contributed by atoms with E-state index in [0.29, 0.717) is 24.1 Å². The molecule has 0 unspecified atom stereocenters. The highest BCUT2D eigenvalue weighted by molar-refractivity contribution is 5.96. The van der Waals surface area contributed by atoms with Gasteiger partial charge < -0.3 is 19.8 Å². The van der Waals surface area contributed by atoms with Gasteiger partial charge in [-0.25, -0.2) is 9.67 Å². The van der Waals surface area contributed by atoms with Crippen LogP contribution in [0, 0.1) is 5.92 Å². The van der Waals surface area contributed by atoms with E-state index in [1.165, 1.54) is 0 Å². The smallest absolute Gasteiger partial charge is 0.251 e. The Balaban J connectivity index is 1.41. The van der Waals surface area contributed by atoms with Crippen LogP contribution in [0.1, 0.15) is 44.9 Å². The van der Waals surface area contributed by atoms with Crippen LogP contribution in [-0.4, -0.2) is 50.1 Å². The summed E-state index contributed by atoms with van der Waals surface area (Å²) in [5, 5.41) is 20.2. The molecule has 0 bridgehead atoms. The lowest BCUT2D eigenvalue weighted by Crippen LogP contribution is -2.28. The quantitative estimate of drug-likeness (QED) is 0.565. The van der Waals surface area contributed by atoms with Crippen LogP contribution in [0.2, 0.25) is 0 Å². The molecule has 3 aromatic heterocycles. The van der Waals surface area contributed by atoms with Crippen LogP contribution in [0.3, 0.4) is 0 Å². The molecule has 2 aliphatic rings. The Morgan fingerprint density at radius 3 is 2.81 bits per heavy atom. The molecule has 4 heterocycles. The van der Waals surface area contributed by atoms with E-state index >= 15 is 0 Å². The lowest BCUT2D eigenvalue weighted by Gasteiger charge is -2.25. The summed E-state index contributed by atoms with van der Waals surface area (Å²) in [6.45, 7) is 4.47. The standard InChI is InChI=1S/C21H27N7O3/c1-2-28-20-15(11-24-28)19(25-14-5-7-30-8-6-14)16(10-23-20)21-27-26-18(31-21)12-22-17(29)9-13-3-4-13/h10-11,13-14H,2-9,12H2,1H3,(H,22,29)(H,23,25). The molecule has 1 aliphatic carbocycles. The molecular weight excluding hydrogens is 398 g/mol. The number of anilines is 1. The third-order valence-electron chi connectivity index (χ3n) is 5.84. The van der Waals surface area contributed by atoms with E-state index in [4.69, 9.17) is 9.15 Å². The number of aryl methyl sites for hydroxylation is 1. The van der Waals surface area contributed by atoms with E-state index in [2.05, 4.69) is 30.9 Å². The number of fused-ring (bicyclic) bond motifs is 1. The molecule has 1 saturated heterocycles. The summed E-state index contributed by atoms with van der Waals surface area (Å²) >= 11 is 0. The Kier molecular flexibility index (Phi) is 5.54. The maximum absolute atomic E-state index is 12.0. The minimum absolute atomic E-state index is 0.0270. The van der Waals surface area contributed by atoms with E-state index < -0.39 is 0 Å². The number of hydrogen-bond donors (Lipinski definition) is 2. The molecule has 10 nitrogen and oxygen atoms in total. The number of amides is 1. The lowest BCUT2D eigenvalue weighted by molar-refractivity contribution is -0.121. The molecule has 0 atom stereocenters. The van der Waals surface area contributed by atoms with Crippen molar-refractivity contribution in [1.29, 1.82) is 0 Å². The van der Waals surface area contributed by atoms with E-state index in [9.17, 15) is 4.79 Å². The van der Waals surface area contributed by atoms with E-state index in [1.54, 1.807) is 6.20 Å². The van der Waals surface area contributed by atoms with Crippen molar-refractivity contribution in [2.24, 2.45) is 5.92 Å². The van der Waals surface area contributed by atoms with Crippen molar-refractivity contribution in [2.45, 2.75) is 58.2 Å². The zero-order valence-corrected chi connectivity index (χ0v) is 17.6. The summed E-state index contributed by atoms with van der Waals surface area (Å²) in [4.78, 5) is 16.6. The van der Waals surface area contributed by atoms with Crippen LogP contribution in [0.4, 0.5) is 5.69 Å². The number of nitrogens with one attached hydrogen (secondary N) is 2.